The van der Waals surface area contributed by atoms with Crippen molar-refractivity contribution in [1.82, 2.24) is 9.73 Å². The van der Waals surface area contributed by atoms with Crippen LogP contribution in [0, 0.1) is 0 Å². The summed E-state index contributed by atoms with van der Waals surface area (Å²) in [5.74, 6) is -0.692. The smallest absolute Gasteiger partial charge is 0.349 e. The van der Waals surface area contributed by atoms with E-state index in [4.69, 9.17) is 4.42 Å². The highest BCUT2D eigenvalue weighted by molar-refractivity contribution is 7.89. The van der Waals surface area contributed by atoms with E-state index in [1.807, 2.05) is 30.3 Å². The van der Waals surface area contributed by atoms with Crippen molar-refractivity contribution in [1.29, 1.82) is 0 Å². The second kappa shape index (κ2) is 9.67. The average Bonchev–Trinajstić information content (AvgIpc) is 2.91. The lowest BCUT2D eigenvalue weighted by atomic mass is 10.0. The highest BCUT2D eigenvalue weighted by atomic mass is 32.2. The minimum Gasteiger partial charge on any atom is -0.422 e. The Hall–Kier alpha value is -3.82. The first kappa shape index (κ1) is 23.9. The molecule has 9 heteroatoms. The number of carbonyl (C=O) groups is 1. The first-order valence-corrected chi connectivity index (χ1v) is 13.2. The number of carbonyl (C=O) groups excluding carboxylic acids is 1. The van der Waals surface area contributed by atoms with Gasteiger partial charge in [-0.15, -0.1) is 0 Å². The standard InChI is InChI=1S/C27H25N3O5S/c1-18(19-9-12-21(13-10-19)36(33,34)30-15-5-2-6-16-30)28-29-26(31)24-17-23-22-8-4-3-7-20(22)11-14-25(23)35-27(24)32/h3-4,7-14,17H,2,5-6,15-16H2,1H3,(H,29,31)/b28-18+. The average molecular weight is 504 g/mol. The maximum absolute atomic E-state index is 12.8. The van der Waals surface area contributed by atoms with Crippen molar-refractivity contribution in [2.24, 2.45) is 5.10 Å². The first-order chi connectivity index (χ1) is 17.3. The van der Waals surface area contributed by atoms with E-state index in [9.17, 15) is 18.0 Å². The van der Waals surface area contributed by atoms with Gasteiger partial charge in [0.2, 0.25) is 10.0 Å². The highest BCUT2D eigenvalue weighted by Crippen LogP contribution is 2.25. The Morgan fingerprint density at radius 3 is 2.42 bits per heavy atom. The number of fused-ring (bicyclic) bond motifs is 3. The molecule has 0 spiro atoms. The molecule has 0 bridgehead atoms. The summed E-state index contributed by atoms with van der Waals surface area (Å²) in [6.45, 7) is 2.76. The molecule has 0 unspecified atom stereocenters. The van der Waals surface area contributed by atoms with E-state index < -0.39 is 21.6 Å². The lowest BCUT2D eigenvalue weighted by molar-refractivity contribution is 0.0951. The van der Waals surface area contributed by atoms with Crippen molar-refractivity contribution in [2.45, 2.75) is 31.1 Å². The van der Waals surface area contributed by atoms with Gasteiger partial charge in [-0.05, 0) is 60.4 Å². The summed E-state index contributed by atoms with van der Waals surface area (Å²) in [5.41, 5.74) is 3.00. The normalized spacial score (nSPS) is 15.3. The van der Waals surface area contributed by atoms with Crippen LogP contribution in [0.4, 0.5) is 0 Å². The second-order valence-corrected chi connectivity index (χ2v) is 10.7. The summed E-state index contributed by atoms with van der Waals surface area (Å²) < 4.78 is 32.6. The maximum atomic E-state index is 12.8. The van der Waals surface area contributed by atoms with Crippen LogP contribution in [0.5, 0.6) is 0 Å². The monoisotopic (exact) mass is 503 g/mol. The van der Waals surface area contributed by atoms with Gasteiger partial charge in [0, 0.05) is 18.5 Å². The number of hydrogen-bond donors (Lipinski definition) is 1. The molecule has 4 aromatic rings. The van der Waals surface area contributed by atoms with Gasteiger partial charge >= 0.3 is 5.63 Å². The SMILES string of the molecule is C/C(=N\NC(=O)c1cc2c(ccc3ccccc32)oc1=O)c1ccc(S(=O)(=O)N2CCCCC2)cc1. The number of amides is 1. The molecule has 8 nitrogen and oxygen atoms in total. The topological polar surface area (TPSA) is 109 Å². The molecule has 1 fully saturated rings. The van der Waals surface area contributed by atoms with Crippen LogP contribution in [0.25, 0.3) is 21.7 Å². The van der Waals surface area contributed by atoms with Gasteiger partial charge in [-0.2, -0.15) is 9.41 Å². The Morgan fingerprint density at radius 2 is 1.67 bits per heavy atom. The van der Waals surface area contributed by atoms with E-state index in [0.717, 1.165) is 30.0 Å². The fourth-order valence-corrected chi connectivity index (χ4v) is 5.93. The van der Waals surface area contributed by atoms with Crippen LogP contribution in [-0.4, -0.2) is 37.4 Å². The molecular weight excluding hydrogens is 478 g/mol. The Morgan fingerprint density at radius 1 is 0.944 bits per heavy atom. The van der Waals surface area contributed by atoms with E-state index in [2.05, 4.69) is 10.5 Å². The van der Waals surface area contributed by atoms with Crippen molar-refractivity contribution in [3.8, 4) is 0 Å². The fraction of sp³-hybridized carbons (Fsp3) is 0.222. The van der Waals surface area contributed by atoms with E-state index in [0.29, 0.717) is 35.3 Å². The van der Waals surface area contributed by atoms with Crippen LogP contribution < -0.4 is 11.1 Å². The third-order valence-corrected chi connectivity index (χ3v) is 8.35. The maximum Gasteiger partial charge on any atom is 0.349 e. The van der Waals surface area contributed by atoms with Crippen LogP contribution in [0.3, 0.4) is 0 Å². The number of benzene rings is 3. The quantitative estimate of drug-likeness (QED) is 0.189. The number of piperidine rings is 1. The molecule has 2 heterocycles. The number of hydrogen-bond acceptors (Lipinski definition) is 6. The Bertz CT molecular complexity index is 1650. The Balaban J connectivity index is 1.36. The molecule has 1 aliphatic heterocycles. The number of sulfonamides is 1. The fourth-order valence-electron chi connectivity index (χ4n) is 4.41. The predicted octanol–water partition coefficient (Wildman–Crippen LogP) is 4.27. The first-order valence-electron chi connectivity index (χ1n) is 11.8. The molecule has 0 aliphatic carbocycles. The summed E-state index contributed by atoms with van der Waals surface area (Å²) in [4.78, 5) is 25.5. The van der Waals surface area contributed by atoms with Gasteiger partial charge in [-0.25, -0.2) is 18.6 Å². The van der Waals surface area contributed by atoms with Crippen LogP contribution in [0.1, 0.15) is 42.1 Å². The van der Waals surface area contributed by atoms with Crippen molar-refractivity contribution >= 4 is 43.4 Å². The van der Waals surface area contributed by atoms with Gasteiger partial charge in [0.05, 0.1) is 10.6 Å². The van der Waals surface area contributed by atoms with Gasteiger partial charge in [-0.1, -0.05) is 48.9 Å². The predicted molar refractivity (Wildman–Crippen MR) is 139 cm³/mol. The molecule has 1 aromatic heterocycles. The number of rotatable bonds is 5. The molecule has 3 aromatic carbocycles. The minimum atomic E-state index is -3.53. The molecule has 1 saturated heterocycles. The highest BCUT2D eigenvalue weighted by Gasteiger charge is 2.25. The second-order valence-electron chi connectivity index (χ2n) is 8.77. The third kappa shape index (κ3) is 4.55. The molecule has 1 N–H and O–H groups in total. The zero-order chi connectivity index (χ0) is 25.3. The van der Waals surface area contributed by atoms with Gasteiger partial charge < -0.3 is 4.42 Å². The van der Waals surface area contributed by atoms with Gasteiger partial charge in [-0.3, -0.25) is 4.79 Å². The van der Waals surface area contributed by atoms with Crippen molar-refractivity contribution in [3.05, 3.63) is 88.3 Å². The molecular formula is C27H25N3O5S. The van der Waals surface area contributed by atoms with E-state index in [-0.39, 0.29) is 10.5 Å². The van der Waals surface area contributed by atoms with Gasteiger partial charge in [0.25, 0.3) is 5.91 Å². The number of nitrogens with zero attached hydrogens (tertiary/aromatic N) is 2. The summed E-state index contributed by atoms with van der Waals surface area (Å²) in [7, 11) is -3.53. The van der Waals surface area contributed by atoms with Crippen LogP contribution in [0.15, 0.2) is 85.9 Å². The molecule has 1 amide bonds. The van der Waals surface area contributed by atoms with Crippen LogP contribution in [0.2, 0.25) is 0 Å². The van der Waals surface area contributed by atoms with Crippen LogP contribution in [-0.2, 0) is 10.0 Å². The van der Waals surface area contributed by atoms with Crippen molar-refractivity contribution in [3.63, 3.8) is 0 Å². The largest absolute Gasteiger partial charge is 0.422 e. The van der Waals surface area contributed by atoms with E-state index in [1.54, 1.807) is 37.3 Å². The van der Waals surface area contributed by atoms with Crippen molar-refractivity contribution in [2.75, 3.05) is 13.1 Å². The van der Waals surface area contributed by atoms with Crippen molar-refractivity contribution < 1.29 is 17.6 Å². The summed E-state index contributed by atoms with van der Waals surface area (Å²) in [6, 6.07) is 19.1. The molecule has 5 rings (SSSR count). The van der Waals surface area contributed by atoms with Gasteiger partial charge in [0.1, 0.15) is 11.1 Å². The summed E-state index contributed by atoms with van der Waals surface area (Å²) in [6.07, 6.45) is 2.78. The third-order valence-electron chi connectivity index (χ3n) is 6.44. The summed E-state index contributed by atoms with van der Waals surface area (Å²) in [5, 5.41) is 6.60. The Labute approximate surface area is 208 Å². The van der Waals surface area contributed by atoms with Gasteiger partial charge in [0.15, 0.2) is 0 Å². The zero-order valence-corrected chi connectivity index (χ0v) is 20.5. The van der Waals surface area contributed by atoms with Crippen LogP contribution >= 0.6 is 0 Å². The molecule has 1 aliphatic rings. The molecule has 184 valence electrons. The zero-order valence-electron chi connectivity index (χ0n) is 19.7. The minimum absolute atomic E-state index is 0.154. The summed E-state index contributed by atoms with van der Waals surface area (Å²) >= 11 is 0. The Kier molecular flexibility index (Phi) is 6.42. The molecule has 0 saturated carbocycles. The number of nitrogens with one attached hydrogen (secondary N) is 1. The lowest BCUT2D eigenvalue weighted by Crippen LogP contribution is -2.35. The lowest BCUT2D eigenvalue weighted by Gasteiger charge is -2.25. The van der Waals surface area contributed by atoms with E-state index in [1.165, 1.54) is 10.4 Å². The van der Waals surface area contributed by atoms with E-state index >= 15 is 0 Å². The number of hydrazone groups is 1. The molecule has 36 heavy (non-hydrogen) atoms. The molecule has 0 radical (unpaired) electrons. The molecule has 0 atom stereocenters.